The SMILES string of the molecule is Nc1cc(N(Cc2ccccc2)Cc2ccccn2)nc2nc(-c3ccco3)nn12. The zero-order valence-corrected chi connectivity index (χ0v) is 16.1. The summed E-state index contributed by atoms with van der Waals surface area (Å²) in [4.78, 5) is 15.8. The molecule has 0 aliphatic carbocycles. The second kappa shape index (κ2) is 7.67. The van der Waals surface area contributed by atoms with Crippen LogP contribution in [0.3, 0.4) is 0 Å². The molecule has 8 heteroatoms. The Morgan fingerprint density at radius 1 is 0.933 bits per heavy atom. The van der Waals surface area contributed by atoms with Crippen LogP contribution < -0.4 is 10.6 Å². The number of nitrogen functional groups attached to an aromatic ring is 1. The molecule has 5 aromatic rings. The molecule has 0 saturated carbocycles. The highest BCUT2D eigenvalue weighted by atomic mass is 16.3. The van der Waals surface area contributed by atoms with Gasteiger partial charge in [-0.3, -0.25) is 4.98 Å². The predicted molar refractivity (Wildman–Crippen MR) is 113 cm³/mol. The molecule has 0 unspecified atom stereocenters. The Labute approximate surface area is 172 Å². The lowest BCUT2D eigenvalue weighted by molar-refractivity contribution is 0.577. The topological polar surface area (TPSA) is 98.4 Å². The molecule has 8 nitrogen and oxygen atoms in total. The van der Waals surface area contributed by atoms with Gasteiger partial charge in [-0.1, -0.05) is 36.4 Å². The number of pyridine rings is 1. The van der Waals surface area contributed by atoms with Crippen LogP contribution >= 0.6 is 0 Å². The van der Waals surface area contributed by atoms with Gasteiger partial charge >= 0.3 is 0 Å². The van der Waals surface area contributed by atoms with Crippen molar-refractivity contribution in [2.45, 2.75) is 13.1 Å². The van der Waals surface area contributed by atoms with Crippen molar-refractivity contribution < 1.29 is 4.42 Å². The molecule has 0 bridgehead atoms. The van der Waals surface area contributed by atoms with Crippen LogP contribution in [0, 0.1) is 0 Å². The van der Waals surface area contributed by atoms with Crippen molar-refractivity contribution >= 4 is 17.4 Å². The Kier molecular flexibility index (Phi) is 4.57. The summed E-state index contributed by atoms with van der Waals surface area (Å²) in [5.74, 6) is 2.56. The largest absolute Gasteiger partial charge is 0.461 e. The summed E-state index contributed by atoms with van der Waals surface area (Å²) >= 11 is 0. The van der Waals surface area contributed by atoms with Crippen molar-refractivity contribution in [2.75, 3.05) is 10.6 Å². The van der Waals surface area contributed by atoms with Gasteiger partial charge in [0, 0.05) is 18.8 Å². The number of furan rings is 1. The van der Waals surface area contributed by atoms with Gasteiger partial charge in [-0.25, -0.2) is 0 Å². The summed E-state index contributed by atoms with van der Waals surface area (Å²) in [6.07, 6.45) is 3.37. The number of fused-ring (bicyclic) bond motifs is 1. The maximum Gasteiger partial charge on any atom is 0.256 e. The van der Waals surface area contributed by atoms with Crippen molar-refractivity contribution in [1.82, 2.24) is 24.6 Å². The van der Waals surface area contributed by atoms with Gasteiger partial charge in [-0.2, -0.15) is 14.5 Å². The van der Waals surface area contributed by atoms with Gasteiger partial charge in [-0.05, 0) is 29.8 Å². The van der Waals surface area contributed by atoms with Gasteiger partial charge in [0.1, 0.15) is 11.6 Å². The van der Waals surface area contributed by atoms with Crippen molar-refractivity contribution in [3.63, 3.8) is 0 Å². The summed E-state index contributed by atoms with van der Waals surface area (Å²) in [5.41, 5.74) is 8.39. The van der Waals surface area contributed by atoms with E-state index in [9.17, 15) is 0 Å². The Hall–Kier alpha value is -4.20. The van der Waals surface area contributed by atoms with Crippen LogP contribution in [0.25, 0.3) is 17.4 Å². The average molecular weight is 397 g/mol. The average Bonchev–Trinajstić information content (AvgIpc) is 3.45. The van der Waals surface area contributed by atoms with E-state index in [4.69, 9.17) is 15.1 Å². The second-order valence-electron chi connectivity index (χ2n) is 6.83. The molecule has 0 atom stereocenters. The number of aromatic nitrogens is 5. The van der Waals surface area contributed by atoms with E-state index in [-0.39, 0.29) is 0 Å². The fraction of sp³-hybridized carbons (Fsp3) is 0.0909. The summed E-state index contributed by atoms with van der Waals surface area (Å²) in [7, 11) is 0. The van der Waals surface area contributed by atoms with Gasteiger partial charge in [0.25, 0.3) is 5.78 Å². The molecule has 4 heterocycles. The van der Waals surface area contributed by atoms with Crippen molar-refractivity contribution in [3.05, 3.63) is 90.4 Å². The first-order chi connectivity index (χ1) is 14.8. The van der Waals surface area contributed by atoms with Crippen LogP contribution in [-0.4, -0.2) is 24.6 Å². The molecule has 0 radical (unpaired) electrons. The number of hydrogen-bond donors (Lipinski definition) is 1. The van der Waals surface area contributed by atoms with E-state index < -0.39 is 0 Å². The van der Waals surface area contributed by atoms with Crippen molar-refractivity contribution in [3.8, 4) is 11.6 Å². The lowest BCUT2D eigenvalue weighted by atomic mass is 10.2. The molecule has 0 saturated heterocycles. The standard InChI is InChI=1S/C22H19N7O/c23-19-13-20(25-22-26-21(27-29(19)22)18-10-6-12-30-18)28(14-16-7-2-1-3-8-16)15-17-9-4-5-11-24-17/h1-13H,14-15,23H2. The Morgan fingerprint density at radius 2 is 1.80 bits per heavy atom. The summed E-state index contributed by atoms with van der Waals surface area (Å²) < 4.78 is 6.92. The molecular formula is C22H19N7O. The number of anilines is 2. The summed E-state index contributed by atoms with van der Waals surface area (Å²) in [6, 6.07) is 21.5. The highest BCUT2D eigenvalue weighted by Crippen LogP contribution is 2.23. The molecule has 0 aliphatic rings. The van der Waals surface area contributed by atoms with Gasteiger partial charge in [0.05, 0.1) is 18.5 Å². The predicted octanol–water partition coefficient (Wildman–Crippen LogP) is 3.57. The Morgan fingerprint density at radius 3 is 2.57 bits per heavy atom. The minimum Gasteiger partial charge on any atom is -0.461 e. The third kappa shape index (κ3) is 3.58. The molecule has 1 aromatic carbocycles. The molecule has 4 aromatic heterocycles. The minimum absolute atomic E-state index is 0.412. The molecule has 0 aliphatic heterocycles. The quantitative estimate of drug-likeness (QED) is 0.468. The fourth-order valence-electron chi connectivity index (χ4n) is 3.26. The molecule has 148 valence electrons. The Balaban J connectivity index is 1.55. The maximum absolute atomic E-state index is 6.30. The molecular weight excluding hydrogens is 378 g/mol. The zero-order chi connectivity index (χ0) is 20.3. The van der Waals surface area contributed by atoms with E-state index in [1.54, 1.807) is 30.7 Å². The fourth-order valence-corrected chi connectivity index (χ4v) is 3.26. The third-order valence-corrected chi connectivity index (χ3v) is 4.69. The highest BCUT2D eigenvalue weighted by molar-refractivity contribution is 5.57. The van der Waals surface area contributed by atoms with Gasteiger partial charge in [0.2, 0.25) is 5.82 Å². The molecule has 0 amide bonds. The normalized spacial score (nSPS) is 11.1. The molecule has 0 spiro atoms. The van der Waals surface area contributed by atoms with Gasteiger partial charge in [-0.15, -0.1) is 5.10 Å². The first-order valence-corrected chi connectivity index (χ1v) is 9.52. The highest BCUT2D eigenvalue weighted by Gasteiger charge is 2.17. The number of nitrogens with zero attached hydrogens (tertiary/aromatic N) is 6. The molecule has 2 N–H and O–H groups in total. The van der Waals surface area contributed by atoms with Crippen LogP contribution in [0.15, 0.2) is 83.6 Å². The van der Waals surface area contributed by atoms with E-state index in [0.717, 1.165) is 11.3 Å². The number of hydrogen-bond acceptors (Lipinski definition) is 7. The van der Waals surface area contributed by atoms with Gasteiger partial charge < -0.3 is 15.1 Å². The third-order valence-electron chi connectivity index (χ3n) is 4.69. The first kappa shape index (κ1) is 17.9. The van der Waals surface area contributed by atoms with Crippen molar-refractivity contribution in [1.29, 1.82) is 0 Å². The molecule has 30 heavy (non-hydrogen) atoms. The zero-order valence-electron chi connectivity index (χ0n) is 16.1. The number of benzene rings is 1. The van der Waals surface area contributed by atoms with E-state index >= 15 is 0 Å². The lowest BCUT2D eigenvalue weighted by Crippen LogP contribution is -2.24. The molecule has 5 rings (SSSR count). The van der Waals surface area contributed by atoms with Crippen molar-refractivity contribution in [2.24, 2.45) is 0 Å². The minimum atomic E-state index is 0.412. The van der Waals surface area contributed by atoms with Crippen LogP contribution in [0.4, 0.5) is 11.6 Å². The molecule has 0 fully saturated rings. The van der Waals surface area contributed by atoms with E-state index in [1.807, 2.05) is 36.4 Å². The summed E-state index contributed by atoms with van der Waals surface area (Å²) in [6.45, 7) is 1.23. The van der Waals surface area contributed by atoms with Crippen LogP contribution in [-0.2, 0) is 13.1 Å². The van der Waals surface area contributed by atoms with Crippen LogP contribution in [0.5, 0.6) is 0 Å². The van der Waals surface area contributed by atoms with E-state index in [2.05, 4.69) is 32.1 Å². The van der Waals surface area contributed by atoms with E-state index in [0.29, 0.717) is 42.1 Å². The summed E-state index contributed by atoms with van der Waals surface area (Å²) in [5, 5.41) is 4.42. The lowest BCUT2D eigenvalue weighted by Gasteiger charge is -2.24. The Bertz CT molecular complexity index is 1210. The maximum atomic E-state index is 6.30. The monoisotopic (exact) mass is 397 g/mol. The van der Waals surface area contributed by atoms with Gasteiger partial charge in [0.15, 0.2) is 5.76 Å². The second-order valence-corrected chi connectivity index (χ2v) is 6.83. The van der Waals surface area contributed by atoms with E-state index in [1.165, 1.54) is 4.52 Å². The van der Waals surface area contributed by atoms with Crippen LogP contribution in [0.1, 0.15) is 11.3 Å². The first-order valence-electron chi connectivity index (χ1n) is 9.52. The number of rotatable bonds is 6. The smallest absolute Gasteiger partial charge is 0.256 e. The van der Waals surface area contributed by atoms with Crippen LogP contribution in [0.2, 0.25) is 0 Å². The number of nitrogens with two attached hydrogens (primary N) is 1.